The third-order valence-corrected chi connectivity index (χ3v) is 7.51. The van der Waals surface area contributed by atoms with Crippen molar-refractivity contribution in [3.63, 3.8) is 0 Å². The van der Waals surface area contributed by atoms with Crippen LogP contribution < -0.4 is 4.72 Å². The molecule has 1 heterocycles. The summed E-state index contributed by atoms with van der Waals surface area (Å²) >= 11 is 0. The number of aryl methyl sites for hydroxylation is 1. The standard InChI is InChI=1S/C21H27N3O5S/c1-24-20(21(25)26)19(18(22-24)15-5-9-16(29-2)10-6-15)23-30(27,28)17-11-7-14(8-12-17)13-3-4-13/h7-8,11-13,15-16,23H,3-6,9-10H2,1-2H3,(H,25,26). The number of aromatic nitrogens is 2. The van der Waals surface area contributed by atoms with Gasteiger partial charge in [0.2, 0.25) is 0 Å². The number of aromatic carboxylic acids is 1. The lowest BCUT2D eigenvalue weighted by atomic mass is 9.84. The molecule has 2 fully saturated rings. The molecule has 162 valence electrons. The van der Waals surface area contributed by atoms with Crippen LogP contribution in [0.5, 0.6) is 0 Å². The van der Waals surface area contributed by atoms with E-state index in [0.717, 1.165) is 44.1 Å². The Labute approximate surface area is 176 Å². The Balaban J connectivity index is 1.65. The summed E-state index contributed by atoms with van der Waals surface area (Å²) in [6, 6.07) is 6.83. The minimum Gasteiger partial charge on any atom is -0.476 e. The highest BCUT2D eigenvalue weighted by Crippen LogP contribution is 2.41. The molecule has 2 aliphatic rings. The van der Waals surface area contributed by atoms with Gasteiger partial charge in [-0.1, -0.05) is 12.1 Å². The highest BCUT2D eigenvalue weighted by Gasteiger charge is 2.32. The number of anilines is 1. The molecule has 30 heavy (non-hydrogen) atoms. The van der Waals surface area contributed by atoms with Crippen LogP contribution in [0, 0.1) is 0 Å². The predicted molar refractivity (Wildman–Crippen MR) is 111 cm³/mol. The Bertz CT molecular complexity index is 1030. The number of carboxylic acids is 1. The molecule has 0 aliphatic heterocycles. The Kier molecular flexibility index (Phi) is 5.59. The molecule has 2 aromatic rings. The van der Waals surface area contributed by atoms with Crippen molar-refractivity contribution in [2.75, 3.05) is 11.8 Å². The van der Waals surface area contributed by atoms with Crippen LogP contribution in [0.1, 0.15) is 72.1 Å². The summed E-state index contributed by atoms with van der Waals surface area (Å²) in [4.78, 5) is 12.0. The Morgan fingerprint density at radius 1 is 1.10 bits per heavy atom. The summed E-state index contributed by atoms with van der Waals surface area (Å²) < 4.78 is 35.3. The van der Waals surface area contributed by atoms with Crippen LogP contribution in [0.3, 0.4) is 0 Å². The van der Waals surface area contributed by atoms with Gasteiger partial charge >= 0.3 is 5.97 Å². The summed E-state index contributed by atoms with van der Waals surface area (Å²) in [5.74, 6) is -0.713. The Morgan fingerprint density at radius 2 is 1.70 bits per heavy atom. The Hall–Kier alpha value is -2.39. The van der Waals surface area contributed by atoms with E-state index in [4.69, 9.17) is 4.74 Å². The maximum absolute atomic E-state index is 13.1. The average Bonchev–Trinajstić information content (AvgIpc) is 3.52. The molecule has 0 unspecified atom stereocenters. The van der Waals surface area contributed by atoms with E-state index in [-0.39, 0.29) is 28.3 Å². The molecule has 0 saturated heterocycles. The van der Waals surface area contributed by atoms with Gasteiger partial charge in [0.25, 0.3) is 10.0 Å². The molecule has 0 bridgehead atoms. The number of hydrogen-bond acceptors (Lipinski definition) is 5. The van der Waals surface area contributed by atoms with Crippen molar-refractivity contribution in [1.29, 1.82) is 0 Å². The van der Waals surface area contributed by atoms with Crippen LogP contribution >= 0.6 is 0 Å². The number of carbonyl (C=O) groups is 1. The largest absolute Gasteiger partial charge is 0.476 e. The molecule has 8 nitrogen and oxygen atoms in total. The molecular formula is C21H27N3O5S. The van der Waals surface area contributed by atoms with Crippen molar-refractivity contribution < 1.29 is 23.1 Å². The topological polar surface area (TPSA) is 111 Å². The average molecular weight is 434 g/mol. The van der Waals surface area contributed by atoms with E-state index in [1.54, 1.807) is 19.2 Å². The molecule has 9 heteroatoms. The number of sulfonamides is 1. The van der Waals surface area contributed by atoms with E-state index in [9.17, 15) is 18.3 Å². The second-order valence-electron chi connectivity index (χ2n) is 8.20. The molecule has 0 radical (unpaired) electrons. The Morgan fingerprint density at radius 3 is 2.23 bits per heavy atom. The van der Waals surface area contributed by atoms with Gasteiger partial charge in [-0.05, 0) is 62.1 Å². The smallest absolute Gasteiger partial charge is 0.356 e. The fourth-order valence-electron chi connectivity index (χ4n) is 4.28. The van der Waals surface area contributed by atoms with E-state index in [0.29, 0.717) is 11.6 Å². The summed E-state index contributed by atoms with van der Waals surface area (Å²) in [6.45, 7) is 0. The van der Waals surface area contributed by atoms with Gasteiger partial charge in [-0.2, -0.15) is 5.10 Å². The number of ether oxygens (including phenoxy) is 1. The second-order valence-corrected chi connectivity index (χ2v) is 9.88. The molecule has 2 N–H and O–H groups in total. The number of nitrogens with one attached hydrogen (secondary N) is 1. The highest BCUT2D eigenvalue weighted by molar-refractivity contribution is 7.92. The minimum absolute atomic E-state index is 0.0226. The van der Waals surface area contributed by atoms with Crippen LogP contribution in [-0.2, 0) is 21.8 Å². The highest BCUT2D eigenvalue weighted by atomic mass is 32.2. The van der Waals surface area contributed by atoms with Gasteiger partial charge in [-0.15, -0.1) is 0 Å². The van der Waals surface area contributed by atoms with Gasteiger partial charge in [0.1, 0.15) is 5.69 Å². The lowest BCUT2D eigenvalue weighted by Crippen LogP contribution is -2.21. The van der Waals surface area contributed by atoms with Crippen LogP contribution in [0.15, 0.2) is 29.2 Å². The first-order chi connectivity index (χ1) is 14.3. The van der Waals surface area contributed by atoms with E-state index < -0.39 is 16.0 Å². The van der Waals surface area contributed by atoms with E-state index in [2.05, 4.69) is 9.82 Å². The summed E-state index contributed by atoms with van der Waals surface area (Å²) in [7, 11) is -0.739. The minimum atomic E-state index is -3.95. The fourth-order valence-corrected chi connectivity index (χ4v) is 5.36. The first-order valence-electron chi connectivity index (χ1n) is 10.3. The summed E-state index contributed by atoms with van der Waals surface area (Å²) in [5, 5.41) is 14.1. The first kappa shape index (κ1) is 20.9. The van der Waals surface area contributed by atoms with Crippen molar-refractivity contribution in [1.82, 2.24) is 9.78 Å². The summed E-state index contributed by atoms with van der Waals surface area (Å²) in [6.07, 6.45) is 5.63. The second kappa shape index (κ2) is 8.03. The maximum atomic E-state index is 13.1. The zero-order valence-corrected chi connectivity index (χ0v) is 18.0. The fraction of sp³-hybridized carbons (Fsp3) is 0.524. The van der Waals surface area contributed by atoms with Gasteiger partial charge < -0.3 is 9.84 Å². The normalized spacial score (nSPS) is 22.1. The van der Waals surface area contributed by atoms with Gasteiger partial charge in [0.15, 0.2) is 5.69 Å². The lowest BCUT2D eigenvalue weighted by molar-refractivity contribution is 0.0655. The molecule has 2 saturated carbocycles. The predicted octanol–water partition coefficient (Wildman–Crippen LogP) is 3.47. The zero-order valence-electron chi connectivity index (χ0n) is 17.2. The molecule has 4 rings (SSSR count). The van der Waals surface area contributed by atoms with Crippen molar-refractivity contribution in [2.45, 2.75) is 61.4 Å². The van der Waals surface area contributed by atoms with Crippen LogP contribution in [0.2, 0.25) is 0 Å². The third-order valence-electron chi connectivity index (χ3n) is 6.15. The maximum Gasteiger partial charge on any atom is 0.356 e. The van der Waals surface area contributed by atoms with Crippen molar-refractivity contribution in [2.24, 2.45) is 7.05 Å². The van der Waals surface area contributed by atoms with Gasteiger partial charge in [0.05, 0.1) is 16.7 Å². The molecular weight excluding hydrogens is 406 g/mol. The number of benzene rings is 1. The number of methoxy groups -OCH3 is 1. The van der Waals surface area contributed by atoms with Crippen molar-refractivity contribution in [3.05, 3.63) is 41.2 Å². The molecule has 0 amide bonds. The van der Waals surface area contributed by atoms with Gasteiger partial charge in [-0.25, -0.2) is 13.2 Å². The van der Waals surface area contributed by atoms with Crippen LogP contribution in [0.25, 0.3) is 0 Å². The molecule has 1 aromatic heterocycles. The molecule has 0 spiro atoms. The number of hydrogen-bond donors (Lipinski definition) is 2. The molecule has 0 atom stereocenters. The van der Waals surface area contributed by atoms with Crippen molar-refractivity contribution in [3.8, 4) is 0 Å². The quantitative estimate of drug-likeness (QED) is 0.692. The van der Waals surface area contributed by atoms with E-state index in [1.807, 2.05) is 12.1 Å². The number of rotatable bonds is 7. The van der Waals surface area contributed by atoms with E-state index in [1.165, 1.54) is 11.7 Å². The van der Waals surface area contributed by atoms with Gasteiger partial charge in [0, 0.05) is 20.1 Å². The SMILES string of the molecule is COC1CCC(c2nn(C)c(C(=O)O)c2NS(=O)(=O)c2ccc(C3CC3)cc2)CC1. The van der Waals surface area contributed by atoms with E-state index >= 15 is 0 Å². The van der Waals surface area contributed by atoms with Gasteiger partial charge in [-0.3, -0.25) is 9.40 Å². The van der Waals surface area contributed by atoms with Crippen molar-refractivity contribution >= 4 is 21.7 Å². The number of carboxylic acid groups (broad SMARTS) is 1. The lowest BCUT2D eigenvalue weighted by Gasteiger charge is -2.27. The van der Waals surface area contributed by atoms with Crippen LogP contribution in [0.4, 0.5) is 5.69 Å². The number of nitrogens with zero attached hydrogens (tertiary/aromatic N) is 2. The molecule has 1 aromatic carbocycles. The first-order valence-corrected chi connectivity index (χ1v) is 11.7. The monoisotopic (exact) mass is 433 g/mol. The third kappa shape index (κ3) is 4.09. The molecule has 2 aliphatic carbocycles. The summed E-state index contributed by atoms with van der Waals surface area (Å²) in [5.41, 5.74) is 1.54. The zero-order chi connectivity index (χ0) is 21.5. The van der Waals surface area contributed by atoms with Crippen LogP contribution in [-0.4, -0.2) is 42.5 Å².